The van der Waals surface area contributed by atoms with Gasteiger partial charge in [-0.25, -0.2) is 8.42 Å². The normalized spacial score (nSPS) is 23.8. The number of methoxy groups -OCH3 is 1. The summed E-state index contributed by atoms with van der Waals surface area (Å²) in [6, 6.07) is 5.11. The number of carbonyl (C=O) groups excluding carboxylic acids is 1. The van der Waals surface area contributed by atoms with E-state index in [2.05, 4.69) is 12.2 Å². The van der Waals surface area contributed by atoms with E-state index in [0.29, 0.717) is 37.8 Å². The Labute approximate surface area is 173 Å². The van der Waals surface area contributed by atoms with Gasteiger partial charge in [0.1, 0.15) is 10.6 Å². The van der Waals surface area contributed by atoms with Gasteiger partial charge in [0.05, 0.1) is 20.3 Å². The number of hydrogen-bond donors (Lipinski definition) is 1. The Hall–Kier alpha value is -1.90. The van der Waals surface area contributed by atoms with Crippen LogP contribution in [-0.2, 0) is 19.6 Å². The number of carbonyl (C=O) groups is 1. The standard InChI is InChI=1S/C21H30N2O5S/c1-16-5-3-4-6-18(16)22-21(24)10-8-17-7-9-19(27-2)20(15-17)29(25,26)23-11-13-28-14-12-23/h7-10,15-16,18H,3-6,11-14H2,1-2H3,(H,22,24)/b10-8+/t16-,18+/m1/s1. The van der Waals surface area contributed by atoms with Crippen LogP contribution in [0, 0.1) is 5.92 Å². The molecule has 2 atom stereocenters. The highest BCUT2D eigenvalue weighted by atomic mass is 32.2. The van der Waals surface area contributed by atoms with Crippen molar-refractivity contribution in [3.63, 3.8) is 0 Å². The van der Waals surface area contributed by atoms with Crippen LogP contribution in [0.4, 0.5) is 0 Å². The number of benzene rings is 1. The van der Waals surface area contributed by atoms with Gasteiger partial charge in [-0.1, -0.05) is 25.8 Å². The summed E-state index contributed by atoms with van der Waals surface area (Å²) in [5.41, 5.74) is 0.629. The van der Waals surface area contributed by atoms with E-state index in [9.17, 15) is 13.2 Å². The number of nitrogens with zero attached hydrogens (tertiary/aromatic N) is 1. The second-order valence-corrected chi connectivity index (χ2v) is 9.54. The monoisotopic (exact) mass is 422 g/mol. The molecule has 7 nitrogen and oxygen atoms in total. The molecule has 1 aromatic carbocycles. The highest BCUT2D eigenvalue weighted by Gasteiger charge is 2.29. The Morgan fingerprint density at radius 3 is 2.66 bits per heavy atom. The molecular formula is C21H30N2O5S. The minimum absolute atomic E-state index is 0.102. The van der Waals surface area contributed by atoms with E-state index in [-0.39, 0.29) is 22.6 Å². The van der Waals surface area contributed by atoms with Crippen LogP contribution in [0.25, 0.3) is 6.08 Å². The first-order valence-corrected chi connectivity index (χ1v) is 11.6. The SMILES string of the molecule is COc1ccc(/C=C/C(=O)N[C@H]2CCCC[C@H]2C)cc1S(=O)(=O)N1CCOCC1. The predicted molar refractivity (Wildman–Crippen MR) is 111 cm³/mol. The van der Waals surface area contributed by atoms with Gasteiger partial charge in [0.25, 0.3) is 0 Å². The van der Waals surface area contributed by atoms with Gasteiger partial charge in [-0.15, -0.1) is 0 Å². The molecule has 1 aliphatic carbocycles. The molecule has 0 unspecified atom stereocenters. The lowest BCUT2D eigenvalue weighted by molar-refractivity contribution is -0.117. The molecule has 3 rings (SSSR count). The van der Waals surface area contributed by atoms with Gasteiger partial charge in [-0.05, 0) is 42.5 Å². The molecule has 2 aliphatic rings. The molecule has 0 radical (unpaired) electrons. The Balaban J connectivity index is 1.75. The van der Waals surface area contributed by atoms with E-state index in [1.807, 2.05) is 0 Å². The molecule has 8 heteroatoms. The molecule has 1 heterocycles. The van der Waals surface area contributed by atoms with Crippen molar-refractivity contribution in [2.45, 2.75) is 43.5 Å². The zero-order valence-corrected chi connectivity index (χ0v) is 17.9. The van der Waals surface area contributed by atoms with Crippen LogP contribution in [0.5, 0.6) is 5.75 Å². The van der Waals surface area contributed by atoms with Crippen LogP contribution in [0.2, 0.25) is 0 Å². The second-order valence-electron chi connectivity index (χ2n) is 7.64. The Morgan fingerprint density at radius 2 is 1.97 bits per heavy atom. The molecule has 1 aromatic rings. The third-order valence-corrected chi connectivity index (χ3v) is 7.56. The number of morpholine rings is 1. The zero-order valence-electron chi connectivity index (χ0n) is 17.1. The van der Waals surface area contributed by atoms with Crippen molar-refractivity contribution in [2.24, 2.45) is 5.92 Å². The van der Waals surface area contributed by atoms with E-state index in [0.717, 1.165) is 19.3 Å². The molecule has 1 amide bonds. The Kier molecular flexibility index (Phi) is 7.32. The average molecular weight is 423 g/mol. The summed E-state index contributed by atoms with van der Waals surface area (Å²) in [6.07, 6.45) is 7.60. The van der Waals surface area contributed by atoms with Crippen molar-refractivity contribution in [3.8, 4) is 5.75 Å². The van der Waals surface area contributed by atoms with E-state index < -0.39 is 10.0 Å². The minimum Gasteiger partial charge on any atom is -0.495 e. The molecule has 1 saturated heterocycles. The van der Waals surface area contributed by atoms with Gasteiger partial charge in [-0.2, -0.15) is 4.31 Å². The maximum absolute atomic E-state index is 13.0. The molecule has 29 heavy (non-hydrogen) atoms. The first kappa shape index (κ1) is 21.8. The molecule has 0 bridgehead atoms. The average Bonchev–Trinajstić information content (AvgIpc) is 2.74. The summed E-state index contributed by atoms with van der Waals surface area (Å²) >= 11 is 0. The Bertz CT molecular complexity index is 847. The molecule has 0 aromatic heterocycles. The van der Waals surface area contributed by atoms with Crippen LogP contribution in [0.15, 0.2) is 29.2 Å². The van der Waals surface area contributed by atoms with Crippen molar-refractivity contribution in [1.82, 2.24) is 9.62 Å². The molecule has 1 saturated carbocycles. The fourth-order valence-electron chi connectivity index (χ4n) is 3.86. The summed E-state index contributed by atoms with van der Waals surface area (Å²) in [4.78, 5) is 12.4. The largest absolute Gasteiger partial charge is 0.495 e. The summed E-state index contributed by atoms with van der Waals surface area (Å²) in [7, 11) is -2.26. The zero-order chi connectivity index (χ0) is 20.9. The number of amides is 1. The minimum atomic E-state index is -3.70. The summed E-state index contributed by atoms with van der Waals surface area (Å²) < 4.78 is 38.0. The summed E-state index contributed by atoms with van der Waals surface area (Å²) in [5, 5.41) is 3.07. The lowest BCUT2D eigenvalue weighted by atomic mass is 9.86. The van der Waals surface area contributed by atoms with E-state index in [4.69, 9.17) is 9.47 Å². The van der Waals surface area contributed by atoms with Crippen molar-refractivity contribution < 1.29 is 22.7 Å². The van der Waals surface area contributed by atoms with Gasteiger partial charge in [0.2, 0.25) is 15.9 Å². The topological polar surface area (TPSA) is 84.9 Å². The number of hydrogen-bond acceptors (Lipinski definition) is 5. The predicted octanol–water partition coefficient (Wildman–Crippen LogP) is 2.42. The van der Waals surface area contributed by atoms with Gasteiger partial charge < -0.3 is 14.8 Å². The highest BCUT2D eigenvalue weighted by Crippen LogP contribution is 2.29. The number of nitrogens with one attached hydrogen (secondary N) is 1. The van der Waals surface area contributed by atoms with Crippen LogP contribution in [-0.4, -0.2) is 58.1 Å². The van der Waals surface area contributed by atoms with Crippen molar-refractivity contribution >= 4 is 22.0 Å². The summed E-state index contributed by atoms with van der Waals surface area (Å²) in [5.74, 6) is 0.610. The summed E-state index contributed by atoms with van der Waals surface area (Å²) in [6.45, 7) is 3.54. The van der Waals surface area contributed by atoms with E-state index >= 15 is 0 Å². The van der Waals surface area contributed by atoms with Gasteiger partial charge >= 0.3 is 0 Å². The number of sulfonamides is 1. The van der Waals surface area contributed by atoms with Crippen LogP contribution in [0.3, 0.4) is 0 Å². The Morgan fingerprint density at radius 1 is 1.24 bits per heavy atom. The first-order chi connectivity index (χ1) is 13.9. The van der Waals surface area contributed by atoms with E-state index in [1.165, 1.54) is 23.9 Å². The molecule has 1 N–H and O–H groups in total. The van der Waals surface area contributed by atoms with Gasteiger partial charge in [-0.3, -0.25) is 4.79 Å². The third-order valence-electron chi connectivity index (χ3n) is 5.64. The second kappa shape index (κ2) is 9.73. The molecular weight excluding hydrogens is 392 g/mol. The molecule has 1 aliphatic heterocycles. The van der Waals surface area contributed by atoms with Crippen LogP contribution < -0.4 is 10.1 Å². The number of rotatable bonds is 6. The highest BCUT2D eigenvalue weighted by molar-refractivity contribution is 7.89. The van der Waals surface area contributed by atoms with Crippen molar-refractivity contribution in [1.29, 1.82) is 0 Å². The fraction of sp³-hybridized carbons (Fsp3) is 0.571. The van der Waals surface area contributed by atoms with E-state index in [1.54, 1.807) is 24.3 Å². The quantitative estimate of drug-likeness (QED) is 0.712. The van der Waals surface area contributed by atoms with Crippen LogP contribution >= 0.6 is 0 Å². The fourth-order valence-corrected chi connectivity index (χ4v) is 5.46. The smallest absolute Gasteiger partial charge is 0.246 e. The first-order valence-electron chi connectivity index (χ1n) is 10.2. The third kappa shape index (κ3) is 5.38. The van der Waals surface area contributed by atoms with Crippen molar-refractivity contribution in [3.05, 3.63) is 29.8 Å². The van der Waals surface area contributed by atoms with Gasteiger partial charge in [0.15, 0.2) is 0 Å². The lowest BCUT2D eigenvalue weighted by Gasteiger charge is -2.29. The molecule has 2 fully saturated rings. The maximum Gasteiger partial charge on any atom is 0.246 e. The number of ether oxygens (including phenoxy) is 2. The van der Waals surface area contributed by atoms with Crippen molar-refractivity contribution in [2.75, 3.05) is 33.4 Å². The van der Waals surface area contributed by atoms with Crippen LogP contribution in [0.1, 0.15) is 38.2 Å². The molecule has 160 valence electrons. The lowest BCUT2D eigenvalue weighted by Crippen LogP contribution is -2.40. The molecule has 0 spiro atoms. The van der Waals surface area contributed by atoms with Gasteiger partial charge in [0, 0.05) is 25.2 Å². The maximum atomic E-state index is 13.0.